The third-order valence-electron chi connectivity index (χ3n) is 1.89. The predicted molar refractivity (Wildman–Crippen MR) is 63.5 cm³/mol. The zero-order valence-corrected chi connectivity index (χ0v) is 11.9. The van der Waals surface area contributed by atoms with Crippen molar-refractivity contribution in [2.24, 2.45) is 0 Å². The van der Waals surface area contributed by atoms with Crippen molar-refractivity contribution in [2.45, 2.75) is 10.4 Å². The fraction of sp³-hybridized carbons (Fsp3) is 0.250. The molecule has 0 heterocycles. The first-order valence-corrected chi connectivity index (χ1v) is 8.40. The van der Waals surface area contributed by atoms with E-state index in [2.05, 4.69) is 0 Å². The summed E-state index contributed by atoms with van der Waals surface area (Å²) in [5, 5.41) is -3.05. The van der Waals surface area contributed by atoms with Crippen LogP contribution < -0.4 is 0 Å². The minimum Gasteiger partial charge on any atom is -0.223 e. The van der Waals surface area contributed by atoms with Crippen LogP contribution in [0.15, 0.2) is 23.1 Å². The van der Waals surface area contributed by atoms with Crippen LogP contribution in [0.4, 0.5) is 13.2 Å². The smallest absolute Gasteiger partial charge is 0.223 e. The Morgan fingerprint density at radius 1 is 1.00 bits per heavy atom. The van der Waals surface area contributed by atoms with Gasteiger partial charge in [-0.2, -0.15) is 13.2 Å². The van der Waals surface area contributed by atoms with E-state index in [-0.39, 0.29) is 0 Å². The van der Waals surface area contributed by atoms with Crippen molar-refractivity contribution >= 4 is 42.9 Å². The van der Waals surface area contributed by atoms with Crippen LogP contribution in [0.3, 0.4) is 0 Å². The van der Waals surface area contributed by atoms with E-state index in [1.807, 2.05) is 0 Å². The zero-order chi connectivity index (χ0) is 15.1. The molecule has 0 saturated carbocycles. The predicted octanol–water partition coefficient (Wildman–Crippen LogP) is 2.66. The van der Waals surface area contributed by atoms with Crippen molar-refractivity contribution in [1.29, 1.82) is 0 Å². The Bertz CT molecular complexity index is 675. The van der Waals surface area contributed by atoms with Gasteiger partial charge in [-0.05, 0) is 12.1 Å². The number of rotatable bonds is 3. The van der Waals surface area contributed by atoms with Gasteiger partial charge in [0.05, 0.1) is 10.0 Å². The average molecular weight is 357 g/mol. The standard InChI is InChI=1S/C8H5Cl2F3O4S2/c9-5-2-1-3-6(10)7(5)18(14,15)4-19(16,17)8(11,12)13/h1-3H,4H2. The van der Waals surface area contributed by atoms with E-state index >= 15 is 0 Å². The second kappa shape index (κ2) is 5.12. The van der Waals surface area contributed by atoms with Gasteiger partial charge in [0.15, 0.2) is 14.9 Å². The van der Waals surface area contributed by atoms with Crippen LogP contribution in [0, 0.1) is 0 Å². The lowest BCUT2D eigenvalue weighted by atomic mass is 10.4. The summed E-state index contributed by atoms with van der Waals surface area (Å²) in [6.45, 7) is 0. The first kappa shape index (κ1) is 16.5. The second-order valence-corrected chi connectivity index (χ2v) is 8.43. The fourth-order valence-corrected chi connectivity index (χ4v) is 5.58. The monoisotopic (exact) mass is 356 g/mol. The molecule has 1 aromatic carbocycles. The number of hydrogen-bond donors (Lipinski definition) is 0. The first-order valence-electron chi connectivity index (χ1n) is 4.34. The van der Waals surface area contributed by atoms with Gasteiger partial charge < -0.3 is 0 Å². The van der Waals surface area contributed by atoms with Crippen molar-refractivity contribution in [3.63, 3.8) is 0 Å². The number of hydrogen-bond acceptors (Lipinski definition) is 4. The Morgan fingerprint density at radius 2 is 1.42 bits per heavy atom. The van der Waals surface area contributed by atoms with E-state index in [9.17, 15) is 30.0 Å². The van der Waals surface area contributed by atoms with Crippen molar-refractivity contribution in [3.05, 3.63) is 28.2 Å². The van der Waals surface area contributed by atoms with Crippen LogP contribution >= 0.6 is 23.2 Å². The van der Waals surface area contributed by atoms with Crippen LogP contribution in [-0.4, -0.2) is 27.4 Å². The Morgan fingerprint density at radius 3 is 1.79 bits per heavy atom. The highest BCUT2D eigenvalue weighted by molar-refractivity contribution is 8.08. The molecule has 0 unspecified atom stereocenters. The van der Waals surface area contributed by atoms with Crippen molar-refractivity contribution in [1.82, 2.24) is 0 Å². The summed E-state index contributed by atoms with van der Waals surface area (Å²) in [4.78, 5) is -0.842. The molecule has 0 aliphatic carbocycles. The first-order chi connectivity index (χ1) is 8.38. The maximum atomic E-state index is 12.2. The topological polar surface area (TPSA) is 68.3 Å². The van der Waals surface area contributed by atoms with E-state index in [1.54, 1.807) is 0 Å². The quantitative estimate of drug-likeness (QED) is 0.834. The highest BCUT2D eigenvalue weighted by Gasteiger charge is 2.48. The summed E-state index contributed by atoms with van der Waals surface area (Å²) in [6, 6.07) is 3.41. The maximum absolute atomic E-state index is 12.2. The van der Waals surface area contributed by atoms with Crippen molar-refractivity contribution in [2.75, 3.05) is 5.08 Å². The molecule has 0 aliphatic rings. The van der Waals surface area contributed by atoms with E-state index in [1.165, 1.54) is 6.07 Å². The molecule has 0 radical (unpaired) electrons. The lowest BCUT2D eigenvalue weighted by molar-refractivity contribution is -0.0431. The summed E-state index contributed by atoms with van der Waals surface area (Å²) in [5.74, 6) is 0. The number of alkyl halides is 3. The molecule has 0 aliphatic heterocycles. The normalized spacial score (nSPS) is 13.5. The fourth-order valence-electron chi connectivity index (χ4n) is 1.11. The van der Waals surface area contributed by atoms with Gasteiger partial charge in [-0.1, -0.05) is 29.3 Å². The number of sulfone groups is 2. The molecule has 1 rings (SSSR count). The molecular weight excluding hydrogens is 352 g/mol. The van der Waals surface area contributed by atoms with Gasteiger partial charge in [0.25, 0.3) is 9.84 Å². The summed E-state index contributed by atoms with van der Waals surface area (Å²) in [6.07, 6.45) is 0. The Balaban J connectivity index is 3.37. The third-order valence-corrected chi connectivity index (χ3v) is 7.00. The summed E-state index contributed by atoms with van der Waals surface area (Å²) >= 11 is 11.0. The molecule has 0 aromatic heterocycles. The molecule has 0 spiro atoms. The number of benzene rings is 1. The van der Waals surface area contributed by atoms with Gasteiger partial charge >= 0.3 is 5.51 Å². The molecule has 11 heteroatoms. The molecular formula is C8H5Cl2F3O4S2. The molecule has 0 atom stereocenters. The maximum Gasteiger partial charge on any atom is 0.498 e. The second-order valence-electron chi connectivity index (χ2n) is 3.34. The largest absolute Gasteiger partial charge is 0.498 e. The summed E-state index contributed by atoms with van der Waals surface area (Å²) < 4.78 is 81.6. The lowest BCUT2D eigenvalue weighted by Crippen LogP contribution is -2.30. The molecule has 0 bridgehead atoms. The Hall–Kier alpha value is -0.510. The molecule has 4 nitrogen and oxygen atoms in total. The zero-order valence-electron chi connectivity index (χ0n) is 8.78. The Kier molecular flexibility index (Phi) is 4.45. The van der Waals surface area contributed by atoms with Gasteiger partial charge in [0.1, 0.15) is 4.90 Å². The summed E-state index contributed by atoms with van der Waals surface area (Å²) in [5.41, 5.74) is -5.67. The third kappa shape index (κ3) is 3.53. The average Bonchev–Trinajstić information content (AvgIpc) is 2.12. The SMILES string of the molecule is O=S(=O)(CS(=O)(=O)C(F)(F)F)c1c(Cl)cccc1Cl. The van der Waals surface area contributed by atoms with Crippen LogP contribution in [0.25, 0.3) is 0 Å². The molecule has 1 aromatic rings. The van der Waals surface area contributed by atoms with E-state index < -0.39 is 45.2 Å². The lowest BCUT2D eigenvalue weighted by Gasteiger charge is -2.10. The molecule has 0 saturated heterocycles. The van der Waals surface area contributed by atoms with Crippen LogP contribution in [0.2, 0.25) is 10.0 Å². The Labute approximate surface area is 117 Å². The molecule has 108 valence electrons. The molecule has 0 N–H and O–H groups in total. The van der Waals surface area contributed by atoms with Crippen molar-refractivity contribution in [3.8, 4) is 0 Å². The van der Waals surface area contributed by atoms with Gasteiger partial charge in [-0.3, -0.25) is 0 Å². The van der Waals surface area contributed by atoms with Crippen molar-refractivity contribution < 1.29 is 30.0 Å². The van der Waals surface area contributed by atoms with Crippen LogP contribution in [0.1, 0.15) is 0 Å². The highest BCUT2D eigenvalue weighted by atomic mass is 35.5. The minimum absolute atomic E-state index is 0.454. The molecule has 19 heavy (non-hydrogen) atoms. The van der Waals surface area contributed by atoms with Crippen LogP contribution in [-0.2, 0) is 19.7 Å². The molecule has 0 amide bonds. The minimum atomic E-state index is -5.84. The summed E-state index contributed by atoms with van der Waals surface area (Å²) in [7, 11) is -10.7. The van der Waals surface area contributed by atoms with Gasteiger partial charge in [0, 0.05) is 0 Å². The van der Waals surface area contributed by atoms with E-state index in [4.69, 9.17) is 23.2 Å². The number of halogens is 5. The van der Waals surface area contributed by atoms with Gasteiger partial charge in [-0.25, -0.2) is 16.8 Å². The van der Waals surface area contributed by atoms with Crippen LogP contribution in [0.5, 0.6) is 0 Å². The van der Waals surface area contributed by atoms with E-state index in [0.29, 0.717) is 0 Å². The van der Waals surface area contributed by atoms with Gasteiger partial charge in [0.2, 0.25) is 0 Å². The molecule has 0 fully saturated rings. The highest BCUT2D eigenvalue weighted by Crippen LogP contribution is 2.33. The van der Waals surface area contributed by atoms with Gasteiger partial charge in [-0.15, -0.1) is 0 Å². The van der Waals surface area contributed by atoms with E-state index in [0.717, 1.165) is 12.1 Å².